The van der Waals surface area contributed by atoms with E-state index in [1.165, 1.54) is 11.3 Å². The predicted octanol–water partition coefficient (Wildman–Crippen LogP) is 2.72. The number of hydrogen-bond donors (Lipinski definition) is 2. The van der Waals surface area contributed by atoms with Crippen molar-refractivity contribution in [1.82, 2.24) is 10.3 Å². The fraction of sp³-hybridized carbons (Fsp3) is 0.421. The highest BCUT2D eigenvalue weighted by atomic mass is 16.6. The maximum absolute atomic E-state index is 12.2. The van der Waals surface area contributed by atoms with Crippen LogP contribution in [0.2, 0.25) is 0 Å². The summed E-state index contributed by atoms with van der Waals surface area (Å²) in [5, 5.41) is 3.00. The number of H-pyrrole nitrogens is 1. The molecule has 0 spiro atoms. The Bertz CT molecular complexity index is 855. The Labute approximate surface area is 151 Å². The molecule has 0 unspecified atom stereocenters. The standard InChI is InChI=1S/C19H22N2O5/c1-3-25-19(24)21-17(22)10-26-18(23)12-5-7-16-14(9-12)13-8-11(2)4-6-15(13)20-16/h5,7,9,11,20H,3-4,6,8,10H2,1-2H3,(H,21,22,24)/t11-/m0/s1. The lowest BCUT2D eigenvalue weighted by Crippen LogP contribution is -2.34. The van der Waals surface area contributed by atoms with E-state index in [0.717, 1.165) is 30.2 Å². The van der Waals surface area contributed by atoms with Gasteiger partial charge in [0.05, 0.1) is 12.2 Å². The van der Waals surface area contributed by atoms with Crippen molar-refractivity contribution in [2.75, 3.05) is 13.2 Å². The zero-order chi connectivity index (χ0) is 18.7. The molecule has 0 saturated heterocycles. The summed E-state index contributed by atoms with van der Waals surface area (Å²) in [4.78, 5) is 38.4. The van der Waals surface area contributed by atoms with Crippen LogP contribution in [0.15, 0.2) is 18.2 Å². The number of ether oxygens (including phenoxy) is 2. The van der Waals surface area contributed by atoms with Crippen molar-refractivity contribution in [3.05, 3.63) is 35.0 Å². The number of rotatable bonds is 4. The number of fused-ring (bicyclic) bond motifs is 3. The van der Waals surface area contributed by atoms with E-state index in [-0.39, 0.29) is 6.61 Å². The number of esters is 1. The van der Waals surface area contributed by atoms with E-state index in [0.29, 0.717) is 11.5 Å². The lowest BCUT2D eigenvalue weighted by Gasteiger charge is -2.18. The van der Waals surface area contributed by atoms with E-state index in [1.807, 2.05) is 11.4 Å². The smallest absolute Gasteiger partial charge is 0.413 e. The normalized spacial score (nSPS) is 16.0. The van der Waals surface area contributed by atoms with Gasteiger partial charge in [-0.1, -0.05) is 6.92 Å². The molecule has 0 fully saturated rings. The second kappa shape index (κ2) is 7.59. The molecule has 1 aromatic carbocycles. The molecule has 0 bridgehead atoms. The highest BCUT2D eigenvalue weighted by Crippen LogP contribution is 2.32. The third-order valence-electron chi connectivity index (χ3n) is 4.52. The van der Waals surface area contributed by atoms with Crippen LogP contribution in [0.25, 0.3) is 10.9 Å². The van der Waals surface area contributed by atoms with Gasteiger partial charge in [0.25, 0.3) is 5.91 Å². The van der Waals surface area contributed by atoms with Gasteiger partial charge in [0.15, 0.2) is 6.61 Å². The van der Waals surface area contributed by atoms with Gasteiger partial charge in [0.2, 0.25) is 0 Å². The molecule has 7 nitrogen and oxygen atoms in total. The van der Waals surface area contributed by atoms with Crippen LogP contribution >= 0.6 is 0 Å². The lowest BCUT2D eigenvalue weighted by molar-refractivity contribution is -0.123. The third kappa shape index (κ3) is 3.87. The van der Waals surface area contributed by atoms with E-state index >= 15 is 0 Å². The Balaban J connectivity index is 1.68. The van der Waals surface area contributed by atoms with Gasteiger partial charge in [-0.25, -0.2) is 9.59 Å². The van der Waals surface area contributed by atoms with Crippen LogP contribution < -0.4 is 5.32 Å². The van der Waals surface area contributed by atoms with Crippen LogP contribution in [0, 0.1) is 5.92 Å². The second-order valence-corrected chi connectivity index (χ2v) is 6.54. The van der Waals surface area contributed by atoms with Crippen molar-refractivity contribution in [1.29, 1.82) is 0 Å². The molecule has 7 heteroatoms. The first-order chi connectivity index (χ1) is 12.5. The van der Waals surface area contributed by atoms with Crippen LogP contribution in [0.4, 0.5) is 4.79 Å². The molecular weight excluding hydrogens is 336 g/mol. The average Bonchev–Trinajstić information content (AvgIpc) is 2.97. The van der Waals surface area contributed by atoms with Crippen molar-refractivity contribution in [2.24, 2.45) is 5.92 Å². The number of nitrogens with one attached hydrogen (secondary N) is 2. The number of amides is 2. The minimum Gasteiger partial charge on any atom is -0.452 e. The summed E-state index contributed by atoms with van der Waals surface area (Å²) in [6.45, 7) is 3.46. The summed E-state index contributed by atoms with van der Waals surface area (Å²) in [6.07, 6.45) is 2.29. The first kappa shape index (κ1) is 18.0. The topological polar surface area (TPSA) is 97.5 Å². The molecule has 2 aromatic rings. The molecular formula is C19H22N2O5. The minimum atomic E-state index is -0.858. The zero-order valence-electron chi connectivity index (χ0n) is 14.9. The van der Waals surface area contributed by atoms with Crippen molar-refractivity contribution in [3.8, 4) is 0 Å². The highest BCUT2D eigenvalue weighted by Gasteiger charge is 2.21. The van der Waals surface area contributed by atoms with Crippen LogP contribution in [-0.4, -0.2) is 36.2 Å². The maximum Gasteiger partial charge on any atom is 0.413 e. The highest BCUT2D eigenvalue weighted by molar-refractivity contribution is 5.98. The first-order valence-corrected chi connectivity index (χ1v) is 8.75. The number of carbonyl (C=O) groups excluding carboxylic acids is 3. The fourth-order valence-electron chi connectivity index (χ4n) is 3.25. The zero-order valence-corrected chi connectivity index (χ0v) is 14.9. The van der Waals surface area contributed by atoms with Crippen LogP contribution in [0.5, 0.6) is 0 Å². The maximum atomic E-state index is 12.2. The second-order valence-electron chi connectivity index (χ2n) is 6.54. The summed E-state index contributed by atoms with van der Waals surface area (Å²) >= 11 is 0. The molecule has 2 N–H and O–H groups in total. The molecule has 26 heavy (non-hydrogen) atoms. The number of imide groups is 1. The monoisotopic (exact) mass is 358 g/mol. The predicted molar refractivity (Wildman–Crippen MR) is 94.9 cm³/mol. The molecule has 2 amide bonds. The number of aromatic nitrogens is 1. The fourth-order valence-corrected chi connectivity index (χ4v) is 3.25. The Morgan fingerprint density at radius 1 is 1.27 bits per heavy atom. The van der Waals surface area contributed by atoms with Crippen molar-refractivity contribution >= 4 is 28.9 Å². The van der Waals surface area contributed by atoms with E-state index in [4.69, 9.17) is 4.74 Å². The molecule has 138 valence electrons. The van der Waals surface area contributed by atoms with Crippen LogP contribution in [0.1, 0.15) is 41.9 Å². The molecule has 1 aliphatic carbocycles. The molecule has 1 aliphatic rings. The van der Waals surface area contributed by atoms with Crippen molar-refractivity contribution in [2.45, 2.75) is 33.1 Å². The number of aromatic amines is 1. The number of hydrogen-bond acceptors (Lipinski definition) is 5. The Hall–Kier alpha value is -2.83. The largest absolute Gasteiger partial charge is 0.452 e. The SMILES string of the molecule is CCOC(=O)NC(=O)COC(=O)c1ccc2[nH]c3c(c2c1)C[C@@H](C)CC3. The van der Waals surface area contributed by atoms with Gasteiger partial charge in [-0.15, -0.1) is 0 Å². The summed E-state index contributed by atoms with van der Waals surface area (Å²) < 4.78 is 9.58. The number of carbonyl (C=O) groups is 3. The quantitative estimate of drug-likeness (QED) is 0.819. The van der Waals surface area contributed by atoms with Gasteiger partial charge in [-0.2, -0.15) is 0 Å². The molecule has 0 saturated carbocycles. The van der Waals surface area contributed by atoms with E-state index < -0.39 is 24.6 Å². The van der Waals surface area contributed by atoms with E-state index in [2.05, 4.69) is 16.6 Å². The Kier molecular flexibility index (Phi) is 5.25. The summed E-state index contributed by atoms with van der Waals surface area (Å²) in [6, 6.07) is 5.32. The first-order valence-electron chi connectivity index (χ1n) is 8.75. The van der Waals surface area contributed by atoms with E-state index in [1.54, 1.807) is 19.1 Å². The number of alkyl carbamates (subject to hydrolysis) is 1. The average molecular weight is 358 g/mol. The van der Waals surface area contributed by atoms with E-state index in [9.17, 15) is 14.4 Å². The van der Waals surface area contributed by atoms with Gasteiger partial charge in [0, 0.05) is 16.6 Å². The van der Waals surface area contributed by atoms with Gasteiger partial charge in [-0.3, -0.25) is 10.1 Å². The van der Waals surface area contributed by atoms with Crippen LogP contribution in [-0.2, 0) is 27.1 Å². The van der Waals surface area contributed by atoms with Gasteiger partial charge < -0.3 is 14.5 Å². The Morgan fingerprint density at radius 3 is 2.85 bits per heavy atom. The third-order valence-corrected chi connectivity index (χ3v) is 4.52. The molecule has 1 atom stereocenters. The molecule has 0 aliphatic heterocycles. The Morgan fingerprint density at radius 2 is 2.08 bits per heavy atom. The summed E-state index contributed by atoms with van der Waals surface area (Å²) in [7, 11) is 0. The minimum absolute atomic E-state index is 0.151. The molecule has 1 heterocycles. The molecule has 3 rings (SSSR count). The summed E-state index contributed by atoms with van der Waals surface area (Å²) in [5.41, 5.74) is 3.87. The lowest BCUT2D eigenvalue weighted by atomic mass is 9.87. The van der Waals surface area contributed by atoms with Gasteiger partial charge >= 0.3 is 12.1 Å². The molecule has 1 aromatic heterocycles. The molecule has 0 radical (unpaired) electrons. The number of aryl methyl sites for hydroxylation is 1. The van der Waals surface area contributed by atoms with Gasteiger partial charge in [0.1, 0.15) is 0 Å². The van der Waals surface area contributed by atoms with Crippen molar-refractivity contribution in [3.63, 3.8) is 0 Å². The summed E-state index contributed by atoms with van der Waals surface area (Å²) in [5.74, 6) is -0.723. The van der Waals surface area contributed by atoms with Crippen molar-refractivity contribution < 1.29 is 23.9 Å². The van der Waals surface area contributed by atoms with Crippen LogP contribution in [0.3, 0.4) is 0 Å². The number of benzene rings is 1. The van der Waals surface area contributed by atoms with Gasteiger partial charge in [-0.05, 0) is 55.9 Å².